The maximum atomic E-state index is 5.93. The van der Waals surface area contributed by atoms with E-state index in [9.17, 15) is 0 Å². The molecule has 3 rings (SSSR count). The Bertz CT molecular complexity index is 829. The Labute approximate surface area is 133 Å². The summed E-state index contributed by atoms with van der Waals surface area (Å²) in [4.78, 5) is 4.24. The molecule has 0 spiro atoms. The summed E-state index contributed by atoms with van der Waals surface area (Å²) >= 11 is 5.93. The molecule has 6 heteroatoms. The third-order valence-corrected chi connectivity index (χ3v) is 3.76. The number of nitrogens with zero attached hydrogens (tertiary/aromatic N) is 4. The zero-order chi connectivity index (χ0) is 15.7. The highest BCUT2D eigenvalue weighted by atomic mass is 35.5. The molecule has 5 nitrogen and oxygen atoms in total. The van der Waals surface area contributed by atoms with E-state index in [0.717, 1.165) is 34.0 Å². The fraction of sp³-hybridized carbons (Fsp3) is 0.188. The lowest BCUT2D eigenvalue weighted by Crippen LogP contribution is -1.97. The van der Waals surface area contributed by atoms with Crippen molar-refractivity contribution in [2.45, 2.75) is 13.8 Å². The van der Waals surface area contributed by atoms with Crippen LogP contribution in [0.1, 0.15) is 11.3 Å². The number of methoxy groups -OCH3 is 1. The van der Waals surface area contributed by atoms with Crippen molar-refractivity contribution in [3.63, 3.8) is 0 Å². The molecule has 0 saturated carbocycles. The molecule has 112 valence electrons. The number of aryl methyl sites for hydroxylation is 2. The zero-order valence-corrected chi connectivity index (χ0v) is 13.3. The van der Waals surface area contributed by atoms with Crippen LogP contribution in [0.2, 0.25) is 5.15 Å². The molecule has 2 aromatic heterocycles. The van der Waals surface area contributed by atoms with Crippen molar-refractivity contribution in [2.24, 2.45) is 0 Å². The van der Waals surface area contributed by atoms with Crippen molar-refractivity contribution in [2.75, 3.05) is 7.11 Å². The van der Waals surface area contributed by atoms with Gasteiger partial charge in [0.2, 0.25) is 0 Å². The Kier molecular flexibility index (Phi) is 3.81. The van der Waals surface area contributed by atoms with E-state index in [1.807, 2.05) is 48.9 Å². The summed E-state index contributed by atoms with van der Waals surface area (Å²) in [5.41, 5.74) is 4.44. The summed E-state index contributed by atoms with van der Waals surface area (Å²) in [5, 5.41) is 8.51. The first-order valence-electron chi connectivity index (χ1n) is 6.77. The van der Waals surface area contributed by atoms with Gasteiger partial charge in [-0.25, -0.2) is 4.98 Å². The van der Waals surface area contributed by atoms with Crippen molar-refractivity contribution in [3.8, 4) is 22.7 Å². The van der Waals surface area contributed by atoms with Crippen LogP contribution >= 0.6 is 11.6 Å². The summed E-state index contributed by atoms with van der Waals surface area (Å²) in [7, 11) is 1.64. The summed E-state index contributed by atoms with van der Waals surface area (Å²) in [6, 6.07) is 7.79. The third-order valence-electron chi connectivity index (χ3n) is 3.39. The zero-order valence-electron chi connectivity index (χ0n) is 12.5. The Hall–Kier alpha value is -2.40. The predicted molar refractivity (Wildman–Crippen MR) is 85.6 cm³/mol. The number of ether oxygens (including phenoxy) is 1. The van der Waals surface area contributed by atoms with Crippen LogP contribution in [0.5, 0.6) is 5.75 Å². The fourth-order valence-electron chi connectivity index (χ4n) is 2.21. The Morgan fingerprint density at radius 1 is 1.14 bits per heavy atom. The molecule has 3 aromatic rings. The van der Waals surface area contributed by atoms with Crippen LogP contribution < -0.4 is 4.74 Å². The molecule has 2 heterocycles. The quantitative estimate of drug-likeness (QED) is 0.741. The van der Waals surface area contributed by atoms with Gasteiger partial charge in [-0.2, -0.15) is 0 Å². The lowest BCUT2D eigenvalue weighted by atomic mass is 10.1. The second kappa shape index (κ2) is 5.77. The van der Waals surface area contributed by atoms with Crippen molar-refractivity contribution in [3.05, 3.63) is 53.2 Å². The molecule has 0 N–H and O–H groups in total. The number of hydrogen-bond donors (Lipinski definition) is 0. The van der Waals surface area contributed by atoms with Crippen molar-refractivity contribution >= 4 is 11.6 Å². The normalized spacial score (nSPS) is 10.7. The molecule has 0 saturated heterocycles. The van der Waals surface area contributed by atoms with E-state index in [2.05, 4.69) is 15.2 Å². The van der Waals surface area contributed by atoms with E-state index in [1.54, 1.807) is 13.4 Å². The molecule has 1 aromatic carbocycles. The molecule has 0 amide bonds. The van der Waals surface area contributed by atoms with Gasteiger partial charge in [0.15, 0.2) is 5.15 Å². The van der Waals surface area contributed by atoms with E-state index in [1.165, 1.54) is 0 Å². The summed E-state index contributed by atoms with van der Waals surface area (Å²) < 4.78 is 7.43. The number of imidazole rings is 1. The standard InChI is InChI=1S/C16H15ClN4O/c1-10-6-13(19-20-16(10)17)12-4-5-14(15(7-12)22-3)21-8-11(2)18-9-21/h4-9H,1-3H3. The average molecular weight is 315 g/mol. The topological polar surface area (TPSA) is 52.8 Å². The van der Waals surface area contributed by atoms with Crippen LogP contribution in [0.3, 0.4) is 0 Å². The maximum Gasteiger partial charge on any atom is 0.154 e. The summed E-state index contributed by atoms with van der Waals surface area (Å²) in [6.45, 7) is 3.85. The van der Waals surface area contributed by atoms with Crippen molar-refractivity contribution in [1.82, 2.24) is 19.7 Å². The van der Waals surface area contributed by atoms with Crippen molar-refractivity contribution in [1.29, 1.82) is 0 Å². The average Bonchev–Trinajstić information content (AvgIpc) is 2.95. The van der Waals surface area contributed by atoms with Gasteiger partial charge < -0.3 is 9.30 Å². The molecular weight excluding hydrogens is 300 g/mol. The summed E-state index contributed by atoms with van der Waals surface area (Å²) in [5.74, 6) is 0.740. The van der Waals surface area contributed by atoms with E-state index in [0.29, 0.717) is 5.15 Å². The first kappa shape index (κ1) is 14.5. The second-order valence-electron chi connectivity index (χ2n) is 5.01. The SMILES string of the molecule is COc1cc(-c2cc(C)c(Cl)nn2)ccc1-n1cnc(C)c1. The molecule has 0 aliphatic heterocycles. The maximum absolute atomic E-state index is 5.93. The minimum Gasteiger partial charge on any atom is -0.495 e. The van der Waals surface area contributed by atoms with Gasteiger partial charge in [0, 0.05) is 11.8 Å². The van der Waals surface area contributed by atoms with Crippen molar-refractivity contribution < 1.29 is 4.74 Å². The van der Waals surface area contributed by atoms with Gasteiger partial charge in [-0.3, -0.25) is 0 Å². The number of aromatic nitrogens is 4. The van der Waals surface area contributed by atoms with E-state index >= 15 is 0 Å². The minimum absolute atomic E-state index is 0.418. The summed E-state index contributed by atoms with van der Waals surface area (Å²) in [6.07, 6.45) is 3.71. The Balaban J connectivity index is 2.06. The monoisotopic (exact) mass is 314 g/mol. The van der Waals surface area contributed by atoms with E-state index in [4.69, 9.17) is 16.3 Å². The Morgan fingerprint density at radius 3 is 2.59 bits per heavy atom. The van der Waals surface area contributed by atoms with Gasteiger partial charge in [-0.05, 0) is 37.6 Å². The molecule has 0 unspecified atom stereocenters. The highest BCUT2D eigenvalue weighted by Crippen LogP contribution is 2.29. The lowest BCUT2D eigenvalue weighted by molar-refractivity contribution is 0.413. The fourth-order valence-corrected chi connectivity index (χ4v) is 2.31. The second-order valence-corrected chi connectivity index (χ2v) is 5.37. The van der Waals surface area contributed by atoms with Gasteiger partial charge in [0.1, 0.15) is 5.75 Å². The molecular formula is C16H15ClN4O. The van der Waals surface area contributed by atoms with Crippen LogP contribution in [0.4, 0.5) is 0 Å². The molecule has 0 bridgehead atoms. The van der Waals surface area contributed by atoms with Crippen LogP contribution in [-0.2, 0) is 0 Å². The molecule has 0 aliphatic rings. The van der Waals surface area contributed by atoms with Gasteiger partial charge in [0.25, 0.3) is 0 Å². The molecule has 0 aliphatic carbocycles. The van der Waals surface area contributed by atoms with Crippen LogP contribution in [0.25, 0.3) is 16.9 Å². The molecule has 0 radical (unpaired) electrons. The third kappa shape index (κ3) is 2.67. The Morgan fingerprint density at radius 2 is 1.95 bits per heavy atom. The smallest absolute Gasteiger partial charge is 0.154 e. The van der Waals surface area contributed by atoms with Crippen LogP contribution in [-0.4, -0.2) is 26.9 Å². The van der Waals surface area contributed by atoms with E-state index < -0.39 is 0 Å². The molecule has 0 atom stereocenters. The van der Waals surface area contributed by atoms with Gasteiger partial charge >= 0.3 is 0 Å². The number of hydrogen-bond acceptors (Lipinski definition) is 4. The molecule has 0 fully saturated rings. The van der Waals surface area contributed by atoms with Gasteiger partial charge in [-0.1, -0.05) is 17.7 Å². The number of rotatable bonds is 3. The predicted octanol–water partition coefficient (Wildman–Crippen LogP) is 3.61. The number of halogens is 1. The first-order chi connectivity index (χ1) is 10.6. The van der Waals surface area contributed by atoms with Gasteiger partial charge in [-0.15, -0.1) is 10.2 Å². The highest BCUT2D eigenvalue weighted by Gasteiger charge is 2.10. The largest absolute Gasteiger partial charge is 0.495 e. The lowest BCUT2D eigenvalue weighted by Gasteiger charge is -2.11. The number of benzene rings is 1. The van der Waals surface area contributed by atoms with E-state index in [-0.39, 0.29) is 0 Å². The first-order valence-corrected chi connectivity index (χ1v) is 7.15. The highest BCUT2D eigenvalue weighted by molar-refractivity contribution is 6.30. The van der Waals surface area contributed by atoms with Crippen LogP contribution in [0, 0.1) is 13.8 Å². The molecule has 22 heavy (non-hydrogen) atoms. The van der Waals surface area contributed by atoms with Crippen LogP contribution in [0.15, 0.2) is 36.8 Å². The minimum atomic E-state index is 0.418. The van der Waals surface area contributed by atoms with Gasteiger partial charge in [0.05, 0.1) is 30.5 Å².